The molecule has 7 nitrogen and oxygen atoms in total. The summed E-state index contributed by atoms with van der Waals surface area (Å²) in [6.45, 7) is 6.73. The minimum atomic E-state index is -0.323. The van der Waals surface area contributed by atoms with Crippen molar-refractivity contribution < 1.29 is 14.6 Å². The van der Waals surface area contributed by atoms with E-state index in [2.05, 4.69) is 15.2 Å². The number of aryl methyl sites for hydroxylation is 1. The van der Waals surface area contributed by atoms with Gasteiger partial charge >= 0.3 is 6.03 Å². The fourth-order valence-electron chi connectivity index (χ4n) is 3.31. The van der Waals surface area contributed by atoms with Gasteiger partial charge in [0.1, 0.15) is 5.82 Å². The van der Waals surface area contributed by atoms with Gasteiger partial charge in [0.15, 0.2) is 0 Å². The highest BCUT2D eigenvalue weighted by Gasteiger charge is 2.28. The van der Waals surface area contributed by atoms with Crippen LogP contribution in [0.25, 0.3) is 0 Å². The third-order valence-corrected chi connectivity index (χ3v) is 4.56. The van der Waals surface area contributed by atoms with Crippen LogP contribution in [0.3, 0.4) is 0 Å². The van der Waals surface area contributed by atoms with E-state index in [-0.39, 0.29) is 24.8 Å². The summed E-state index contributed by atoms with van der Waals surface area (Å²) in [5, 5.41) is 12.2. The predicted octanol–water partition coefficient (Wildman–Crippen LogP) is 1.60. The normalized spacial score (nSPS) is 24.3. The Morgan fingerprint density at radius 1 is 1.38 bits per heavy atom. The Morgan fingerprint density at radius 3 is 2.79 bits per heavy atom. The van der Waals surface area contributed by atoms with Crippen LogP contribution in [0.15, 0.2) is 12.1 Å². The highest BCUT2D eigenvalue weighted by molar-refractivity contribution is 5.90. The van der Waals surface area contributed by atoms with Gasteiger partial charge in [0.25, 0.3) is 0 Å². The van der Waals surface area contributed by atoms with Crippen LogP contribution in [-0.2, 0) is 4.74 Å². The van der Waals surface area contributed by atoms with Crippen molar-refractivity contribution in [3.63, 3.8) is 0 Å². The molecule has 2 atom stereocenters. The van der Waals surface area contributed by atoms with Crippen molar-refractivity contribution in [1.29, 1.82) is 0 Å². The molecule has 7 heteroatoms. The highest BCUT2D eigenvalue weighted by Crippen LogP contribution is 2.22. The van der Waals surface area contributed by atoms with Gasteiger partial charge in [-0.2, -0.15) is 0 Å². The molecule has 24 heavy (non-hydrogen) atoms. The van der Waals surface area contributed by atoms with Crippen molar-refractivity contribution in [3.05, 3.63) is 17.8 Å². The Balaban J connectivity index is 1.65. The maximum absolute atomic E-state index is 12.5. The summed E-state index contributed by atoms with van der Waals surface area (Å²) >= 11 is 0. The van der Waals surface area contributed by atoms with Gasteiger partial charge in [-0.15, -0.1) is 0 Å². The van der Waals surface area contributed by atoms with E-state index in [1.54, 1.807) is 4.90 Å². The number of urea groups is 1. The summed E-state index contributed by atoms with van der Waals surface area (Å²) in [4.78, 5) is 21.1. The number of pyridine rings is 1. The van der Waals surface area contributed by atoms with Crippen molar-refractivity contribution in [2.24, 2.45) is 0 Å². The number of aliphatic hydroxyl groups is 1. The molecule has 0 saturated carbocycles. The van der Waals surface area contributed by atoms with Crippen LogP contribution >= 0.6 is 0 Å². The van der Waals surface area contributed by atoms with Crippen LogP contribution < -0.4 is 10.2 Å². The van der Waals surface area contributed by atoms with E-state index in [1.807, 2.05) is 26.0 Å². The molecule has 2 N–H and O–H groups in total. The molecule has 132 valence electrons. The number of amides is 2. The molecule has 0 aliphatic carbocycles. The smallest absolute Gasteiger partial charge is 0.322 e. The standard InChI is InChI=1S/C17H26N4O3/c1-12-9-21(10-14(11-22)24-12)17(23)19-15-5-6-16(18-13(15)2)20-7-3-4-8-20/h5-6,12,14,22H,3-4,7-11H2,1-2H3,(H,19,23). The van der Waals surface area contributed by atoms with Gasteiger partial charge in [-0.05, 0) is 38.8 Å². The summed E-state index contributed by atoms with van der Waals surface area (Å²) in [5.41, 5.74) is 1.54. The van der Waals surface area contributed by atoms with Gasteiger partial charge in [0.2, 0.25) is 0 Å². The maximum Gasteiger partial charge on any atom is 0.322 e. The molecule has 3 heterocycles. The fraction of sp³-hybridized carbons (Fsp3) is 0.647. The number of carbonyl (C=O) groups is 1. The Hall–Kier alpha value is -1.86. The lowest BCUT2D eigenvalue weighted by Crippen LogP contribution is -2.51. The number of nitrogens with one attached hydrogen (secondary N) is 1. The lowest BCUT2D eigenvalue weighted by molar-refractivity contribution is -0.0822. The minimum absolute atomic E-state index is 0.0841. The SMILES string of the molecule is Cc1nc(N2CCCC2)ccc1NC(=O)N1CC(C)OC(CO)C1. The molecule has 2 amide bonds. The van der Waals surface area contributed by atoms with E-state index in [1.165, 1.54) is 12.8 Å². The van der Waals surface area contributed by atoms with Gasteiger partial charge in [-0.1, -0.05) is 0 Å². The first-order chi connectivity index (χ1) is 11.6. The topological polar surface area (TPSA) is 77.9 Å². The molecule has 0 spiro atoms. The quantitative estimate of drug-likeness (QED) is 0.878. The number of aliphatic hydroxyl groups excluding tert-OH is 1. The highest BCUT2D eigenvalue weighted by atomic mass is 16.5. The summed E-state index contributed by atoms with van der Waals surface area (Å²) in [7, 11) is 0. The lowest BCUT2D eigenvalue weighted by atomic mass is 10.2. The largest absolute Gasteiger partial charge is 0.394 e. The summed E-state index contributed by atoms with van der Waals surface area (Å²) < 4.78 is 5.57. The van der Waals surface area contributed by atoms with E-state index in [4.69, 9.17) is 4.74 Å². The average molecular weight is 334 g/mol. The summed E-state index contributed by atoms with van der Waals surface area (Å²) in [5.74, 6) is 0.975. The number of anilines is 2. The van der Waals surface area contributed by atoms with E-state index >= 15 is 0 Å². The zero-order valence-electron chi connectivity index (χ0n) is 14.4. The summed E-state index contributed by atoms with van der Waals surface area (Å²) in [6, 6.07) is 3.70. The van der Waals surface area contributed by atoms with Crippen LogP contribution in [0.4, 0.5) is 16.3 Å². The second-order valence-electron chi connectivity index (χ2n) is 6.58. The molecule has 0 radical (unpaired) electrons. The van der Waals surface area contributed by atoms with E-state index in [0.29, 0.717) is 13.1 Å². The van der Waals surface area contributed by atoms with E-state index < -0.39 is 0 Å². The molecule has 2 aliphatic rings. The molecule has 2 unspecified atom stereocenters. The van der Waals surface area contributed by atoms with Crippen LogP contribution in [-0.4, -0.2) is 66.0 Å². The number of hydrogen-bond acceptors (Lipinski definition) is 5. The van der Waals surface area contributed by atoms with Gasteiger partial charge in [-0.3, -0.25) is 0 Å². The number of ether oxygens (including phenoxy) is 1. The van der Waals surface area contributed by atoms with Gasteiger partial charge in [0.05, 0.1) is 36.7 Å². The minimum Gasteiger partial charge on any atom is -0.394 e. The fourth-order valence-corrected chi connectivity index (χ4v) is 3.31. The number of morpholine rings is 1. The Morgan fingerprint density at radius 2 is 2.12 bits per heavy atom. The first-order valence-corrected chi connectivity index (χ1v) is 8.61. The van der Waals surface area contributed by atoms with Crippen molar-refractivity contribution in [2.75, 3.05) is 43.0 Å². The monoisotopic (exact) mass is 334 g/mol. The van der Waals surface area contributed by atoms with Crippen molar-refractivity contribution in [1.82, 2.24) is 9.88 Å². The molecule has 2 saturated heterocycles. The zero-order valence-corrected chi connectivity index (χ0v) is 14.4. The third kappa shape index (κ3) is 3.79. The first kappa shape index (κ1) is 17.0. The molecule has 1 aromatic heterocycles. The molecule has 0 bridgehead atoms. The van der Waals surface area contributed by atoms with Crippen LogP contribution in [0.2, 0.25) is 0 Å². The Kier molecular flexibility index (Phi) is 5.20. The third-order valence-electron chi connectivity index (χ3n) is 4.56. The number of rotatable bonds is 3. The molecular weight excluding hydrogens is 308 g/mol. The van der Waals surface area contributed by atoms with Crippen molar-refractivity contribution in [2.45, 2.75) is 38.9 Å². The van der Waals surface area contributed by atoms with Crippen molar-refractivity contribution in [3.8, 4) is 0 Å². The molecule has 2 fully saturated rings. The molecule has 2 aliphatic heterocycles. The molecule has 3 rings (SSSR count). The molecule has 1 aromatic rings. The van der Waals surface area contributed by atoms with E-state index in [9.17, 15) is 9.90 Å². The number of carbonyl (C=O) groups excluding carboxylic acids is 1. The number of hydrogen-bond donors (Lipinski definition) is 2. The second-order valence-corrected chi connectivity index (χ2v) is 6.58. The predicted molar refractivity (Wildman–Crippen MR) is 92.4 cm³/mol. The first-order valence-electron chi connectivity index (χ1n) is 8.61. The zero-order chi connectivity index (χ0) is 17.1. The number of nitrogens with zero attached hydrogens (tertiary/aromatic N) is 3. The second kappa shape index (κ2) is 7.36. The van der Waals surface area contributed by atoms with Crippen LogP contribution in [0.5, 0.6) is 0 Å². The lowest BCUT2D eigenvalue weighted by Gasteiger charge is -2.36. The maximum atomic E-state index is 12.5. The Bertz CT molecular complexity index is 589. The van der Waals surface area contributed by atoms with Crippen LogP contribution in [0.1, 0.15) is 25.5 Å². The molecule has 0 aromatic carbocycles. The summed E-state index contributed by atoms with van der Waals surface area (Å²) in [6.07, 6.45) is 2.01. The Labute approximate surface area is 142 Å². The van der Waals surface area contributed by atoms with Gasteiger partial charge in [-0.25, -0.2) is 9.78 Å². The van der Waals surface area contributed by atoms with E-state index in [0.717, 1.165) is 30.3 Å². The number of aromatic nitrogens is 1. The van der Waals surface area contributed by atoms with Crippen LogP contribution in [0, 0.1) is 6.92 Å². The average Bonchev–Trinajstić information content (AvgIpc) is 3.10. The van der Waals surface area contributed by atoms with Crippen molar-refractivity contribution >= 4 is 17.5 Å². The van der Waals surface area contributed by atoms with Gasteiger partial charge in [0, 0.05) is 19.6 Å². The van der Waals surface area contributed by atoms with Gasteiger partial charge < -0.3 is 25.0 Å². The molecular formula is C17H26N4O3.